The normalized spacial score (nSPS) is 19.0. The molecule has 0 aromatic heterocycles. The molecular formula is C36H32N2O8. The molecule has 10 nitrogen and oxygen atoms in total. The van der Waals surface area contributed by atoms with Crippen LogP contribution in [0.5, 0.6) is 0 Å². The smallest absolute Gasteiger partial charge is 0.355 e. The average Bonchev–Trinajstić information content (AvgIpc) is 3.63. The number of hydrogen-bond acceptors (Lipinski definition) is 10. The first-order chi connectivity index (χ1) is 22.4. The molecule has 3 aromatic rings. The van der Waals surface area contributed by atoms with Crippen LogP contribution in [0.2, 0.25) is 0 Å². The molecule has 3 aromatic carbocycles. The first-order valence-corrected chi connectivity index (χ1v) is 14.6. The van der Waals surface area contributed by atoms with Gasteiger partial charge in [0.25, 0.3) is 0 Å². The van der Waals surface area contributed by atoms with Crippen LogP contribution in [0.15, 0.2) is 125 Å². The van der Waals surface area contributed by atoms with E-state index in [1.54, 1.807) is 11.0 Å². The number of ether oxygens (including phenoxy) is 4. The third-order valence-electron chi connectivity index (χ3n) is 8.79. The quantitative estimate of drug-likeness (QED) is 0.209. The van der Waals surface area contributed by atoms with E-state index in [0.717, 1.165) is 16.7 Å². The van der Waals surface area contributed by atoms with Crippen molar-refractivity contribution in [3.8, 4) is 0 Å². The summed E-state index contributed by atoms with van der Waals surface area (Å²) >= 11 is 0. The van der Waals surface area contributed by atoms with Gasteiger partial charge in [-0.25, -0.2) is 24.1 Å². The summed E-state index contributed by atoms with van der Waals surface area (Å²) in [7, 11) is 4.92. The Morgan fingerprint density at radius 2 is 1.04 bits per heavy atom. The van der Waals surface area contributed by atoms with Crippen LogP contribution in [0.4, 0.5) is 0 Å². The van der Waals surface area contributed by atoms with Crippen LogP contribution in [0.1, 0.15) is 23.1 Å². The molecule has 0 radical (unpaired) electrons. The molecule has 2 bridgehead atoms. The number of methoxy groups -OCH3 is 4. The number of benzene rings is 3. The van der Waals surface area contributed by atoms with Crippen molar-refractivity contribution in [1.29, 1.82) is 0 Å². The SMILES string of the molecule is COC(=O)C1=C(C(=O)OC)N2C(=CC1)C1C(C(=O)OC)=C(C(=O)OC)C2N1C(c1ccccc1)(c1ccccc1)c1ccccc1. The van der Waals surface area contributed by atoms with Gasteiger partial charge in [0.05, 0.1) is 56.7 Å². The zero-order chi connectivity index (χ0) is 32.6. The van der Waals surface area contributed by atoms with Crippen molar-refractivity contribution in [2.24, 2.45) is 0 Å². The summed E-state index contributed by atoms with van der Waals surface area (Å²) in [6.07, 6.45) is 0.670. The third kappa shape index (κ3) is 4.36. The second kappa shape index (κ2) is 12.1. The lowest BCUT2D eigenvalue weighted by atomic mass is 9.75. The lowest BCUT2D eigenvalue weighted by Gasteiger charge is -2.46. The van der Waals surface area contributed by atoms with Crippen molar-refractivity contribution < 1.29 is 38.1 Å². The molecule has 0 amide bonds. The molecule has 0 N–H and O–H groups in total. The van der Waals surface area contributed by atoms with Crippen LogP contribution in [-0.4, -0.2) is 74.3 Å². The molecule has 0 spiro atoms. The topological polar surface area (TPSA) is 112 Å². The summed E-state index contributed by atoms with van der Waals surface area (Å²) in [5, 5.41) is 0. The highest BCUT2D eigenvalue weighted by Crippen LogP contribution is 2.58. The van der Waals surface area contributed by atoms with Crippen LogP contribution in [-0.2, 0) is 43.7 Å². The lowest BCUT2D eigenvalue weighted by molar-refractivity contribution is -0.142. The minimum atomic E-state index is -1.17. The second-order valence-corrected chi connectivity index (χ2v) is 10.8. The first kappa shape index (κ1) is 30.5. The van der Waals surface area contributed by atoms with Gasteiger partial charge in [-0.3, -0.25) is 0 Å². The Morgan fingerprint density at radius 3 is 1.48 bits per heavy atom. The predicted molar refractivity (Wildman–Crippen MR) is 165 cm³/mol. The maximum absolute atomic E-state index is 13.8. The summed E-state index contributed by atoms with van der Waals surface area (Å²) in [5.41, 5.74) is 1.87. The Labute approximate surface area is 266 Å². The maximum Gasteiger partial charge on any atom is 0.355 e. The van der Waals surface area contributed by atoms with E-state index in [1.807, 2.05) is 95.9 Å². The monoisotopic (exact) mass is 620 g/mol. The van der Waals surface area contributed by atoms with Crippen molar-refractivity contribution in [3.05, 3.63) is 142 Å². The van der Waals surface area contributed by atoms with Crippen molar-refractivity contribution in [2.45, 2.75) is 24.2 Å². The zero-order valence-electron chi connectivity index (χ0n) is 25.8. The minimum Gasteiger partial charge on any atom is -0.466 e. The second-order valence-electron chi connectivity index (χ2n) is 10.8. The molecule has 1 saturated heterocycles. The molecule has 46 heavy (non-hydrogen) atoms. The number of allylic oxidation sites excluding steroid dienone is 1. The van der Waals surface area contributed by atoms with Gasteiger partial charge in [-0.05, 0) is 16.7 Å². The molecule has 234 valence electrons. The number of rotatable bonds is 8. The number of nitrogens with zero attached hydrogens (tertiary/aromatic N) is 2. The van der Waals surface area contributed by atoms with Gasteiger partial charge in [0.1, 0.15) is 11.9 Å². The molecular weight excluding hydrogens is 588 g/mol. The Balaban J connectivity index is 1.77. The van der Waals surface area contributed by atoms with Crippen LogP contribution in [0, 0.1) is 0 Å². The van der Waals surface area contributed by atoms with Gasteiger partial charge >= 0.3 is 23.9 Å². The molecule has 0 aliphatic carbocycles. The molecule has 2 atom stereocenters. The fourth-order valence-electron chi connectivity index (χ4n) is 7.07. The van der Waals surface area contributed by atoms with E-state index in [9.17, 15) is 19.2 Å². The highest BCUT2D eigenvalue weighted by Gasteiger charge is 2.66. The molecule has 1 fully saturated rings. The average molecular weight is 621 g/mol. The standard InChI is InChI=1S/C36H32N2O8/c1-43-32(39)25-20-21-26-30-27(33(40)44-2)28(34(41)45-3)31(37(26)29(25)35(42)46-4)38(30)36(22-14-8-5-9-15-22,23-16-10-6-11-17-23)24-18-12-7-13-19-24/h5-19,21,30-31H,20H2,1-4H3. The van der Waals surface area contributed by atoms with Gasteiger partial charge in [0.2, 0.25) is 0 Å². The van der Waals surface area contributed by atoms with Gasteiger partial charge in [-0.2, -0.15) is 0 Å². The van der Waals surface area contributed by atoms with Gasteiger partial charge in [0, 0.05) is 12.1 Å². The lowest BCUT2D eigenvalue weighted by Crippen LogP contribution is -2.54. The summed E-state index contributed by atoms with van der Waals surface area (Å²) in [6.45, 7) is 0. The van der Waals surface area contributed by atoms with Crippen LogP contribution in [0.3, 0.4) is 0 Å². The van der Waals surface area contributed by atoms with Crippen LogP contribution in [0.25, 0.3) is 0 Å². The molecule has 0 saturated carbocycles. The molecule has 3 heterocycles. The van der Waals surface area contributed by atoms with Crippen molar-refractivity contribution in [1.82, 2.24) is 9.80 Å². The third-order valence-corrected chi connectivity index (χ3v) is 8.79. The zero-order valence-corrected chi connectivity index (χ0v) is 25.8. The van der Waals surface area contributed by atoms with Crippen molar-refractivity contribution in [2.75, 3.05) is 28.4 Å². The fourth-order valence-corrected chi connectivity index (χ4v) is 7.07. The van der Waals surface area contributed by atoms with Crippen LogP contribution < -0.4 is 0 Å². The first-order valence-electron chi connectivity index (χ1n) is 14.6. The molecule has 3 aliphatic heterocycles. The number of hydrogen-bond donors (Lipinski definition) is 0. The van der Waals surface area contributed by atoms with Gasteiger partial charge in [-0.15, -0.1) is 0 Å². The van der Waals surface area contributed by atoms with E-state index < -0.39 is 41.6 Å². The number of carbonyl (C=O) groups is 4. The van der Waals surface area contributed by atoms with Gasteiger partial charge in [0.15, 0.2) is 0 Å². The van der Waals surface area contributed by atoms with Gasteiger partial charge in [-0.1, -0.05) is 97.1 Å². The highest BCUT2D eigenvalue weighted by molar-refractivity contribution is 6.06. The number of esters is 4. The highest BCUT2D eigenvalue weighted by atomic mass is 16.5. The van der Waals surface area contributed by atoms with E-state index in [4.69, 9.17) is 18.9 Å². The molecule has 3 aliphatic rings. The minimum absolute atomic E-state index is 0.0174. The summed E-state index contributed by atoms with van der Waals surface area (Å²) < 4.78 is 20.8. The fraction of sp³-hybridized carbons (Fsp3) is 0.222. The largest absolute Gasteiger partial charge is 0.466 e. The van der Waals surface area contributed by atoms with E-state index in [0.29, 0.717) is 5.70 Å². The van der Waals surface area contributed by atoms with Crippen molar-refractivity contribution in [3.63, 3.8) is 0 Å². The number of carbonyl (C=O) groups excluding carboxylic acids is 4. The van der Waals surface area contributed by atoms with Crippen molar-refractivity contribution >= 4 is 23.9 Å². The maximum atomic E-state index is 13.8. The van der Waals surface area contributed by atoms with E-state index in [2.05, 4.69) is 0 Å². The summed E-state index contributed by atoms with van der Waals surface area (Å²) in [5.74, 6) is -3.02. The molecule has 6 rings (SSSR count). The molecule has 2 unspecified atom stereocenters. The summed E-state index contributed by atoms with van der Waals surface area (Å²) in [4.78, 5) is 57.9. The Bertz CT molecular complexity index is 1700. The predicted octanol–water partition coefficient (Wildman–Crippen LogP) is 3.83. The van der Waals surface area contributed by atoms with E-state index in [1.165, 1.54) is 28.4 Å². The van der Waals surface area contributed by atoms with E-state index in [-0.39, 0.29) is 28.8 Å². The Hall–Kier alpha value is -5.48. The van der Waals surface area contributed by atoms with Gasteiger partial charge < -0.3 is 23.8 Å². The van der Waals surface area contributed by atoms with Crippen LogP contribution >= 0.6 is 0 Å². The molecule has 10 heteroatoms. The van der Waals surface area contributed by atoms with E-state index >= 15 is 0 Å². The Kier molecular flexibility index (Phi) is 8.06. The summed E-state index contributed by atoms with van der Waals surface area (Å²) in [6, 6.07) is 28.2. The number of fused-ring (bicyclic) bond motifs is 5. The Morgan fingerprint density at radius 1 is 0.609 bits per heavy atom.